The van der Waals surface area contributed by atoms with E-state index in [1.54, 1.807) is 24.3 Å². The van der Waals surface area contributed by atoms with Gasteiger partial charge in [0.05, 0.1) is 23.7 Å². The Labute approximate surface area is 137 Å². The summed E-state index contributed by atoms with van der Waals surface area (Å²) in [5, 5.41) is 0. The maximum absolute atomic E-state index is 12.2. The van der Waals surface area contributed by atoms with Crippen molar-refractivity contribution in [3.8, 4) is 0 Å². The average Bonchev–Trinajstić information content (AvgIpc) is 2.51. The molecule has 0 heterocycles. The fourth-order valence-corrected chi connectivity index (χ4v) is 3.56. The molecule has 0 bridgehead atoms. The number of aryl methyl sites for hydroxylation is 1. The Morgan fingerprint density at radius 2 is 1.61 bits per heavy atom. The molecule has 122 valence electrons. The van der Waals surface area contributed by atoms with Crippen molar-refractivity contribution < 1.29 is 17.3 Å². The first kappa shape index (κ1) is 16.2. The Morgan fingerprint density at radius 1 is 0.957 bits per heavy atom. The predicted octanol–water partition coefficient (Wildman–Crippen LogP) is 3.45. The Balaban J connectivity index is 1.47. The Morgan fingerprint density at radius 3 is 2.26 bits per heavy atom. The molecule has 1 fully saturated rings. The summed E-state index contributed by atoms with van der Waals surface area (Å²) in [6.45, 7) is 2.46. The molecule has 0 radical (unpaired) electrons. The van der Waals surface area contributed by atoms with Crippen LogP contribution in [0.5, 0.6) is 0 Å². The normalized spacial score (nSPS) is 20.9. The third-order valence-corrected chi connectivity index (χ3v) is 5.33. The highest BCUT2D eigenvalue weighted by molar-refractivity contribution is 7.86. The molecule has 0 spiro atoms. The van der Waals surface area contributed by atoms with Crippen LogP contribution in [0.15, 0.2) is 59.5 Å². The van der Waals surface area contributed by atoms with E-state index in [1.807, 2.05) is 37.3 Å². The molecule has 0 aromatic heterocycles. The maximum atomic E-state index is 12.2. The van der Waals surface area contributed by atoms with Crippen molar-refractivity contribution in [2.75, 3.05) is 0 Å². The van der Waals surface area contributed by atoms with Gasteiger partial charge in [-0.25, -0.2) is 0 Å². The number of hydrogen-bond donors (Lipinski definition) is 0. The SMILES string of the molecule is Cc1ccc(S(=O)(=O)O[C@H]2C[C@H](OCc3ccccc3)C2)cc1. The standard InChI is InChI=1S/C18H20O4S/c1-14-7-9-18(10-8-14)23(19,20)22-17-11-16(12-17)21-13-15-5-3-2-4-6-15/h2-10,16-17H,11-13H2,1H3/t16-,17-. The Bertz CT molecular complexity index is 732. The van der Waals surface area contributed by atoms with Gasteiger partial charge in [0.15, 0.2) is 0 Å². The van der Waals surface area contributed by atoms with Gasteiger partial charge in [-0.05, 0) is 24.6 Å². The van der Waals surface area contributed by atoms with Crippen LogP contribution in [0.3, 0.4) is 0 Å². The summed E-state index contributed by atoms with van der Waals surface area (Å²) in [5.41, 5.74) is 2.13. The zero-order valence-electron chi connectivity index (χ0n) is 13.0. The lowest BCUT2D eigenvalue weighted by molar-refractivity contribution is -0.0664. The second kappa shape index (κ2) is 6.83. The second-order valence-corrected chi connectivity index (χ2v) is 7.45. The van der Waals surface area contributed by atoms with Gasteiger partial charge in [0.1, 0.15) is 0 Å². The van der Waals surface area contributed by atoms with Gasteiger partial charge in [0, 0.05) is 12.8 Å². The van der Waals surface area contributed by atoms with Gasteiger partial charge in [0.25, 0.3) is 10.1 Å². The molecule has 3 rings (SSSR count). The summed E-state index contributed by atoms with van der Waals surface area (Å²) in [4.78, 5) is 0.205. The molecule has 0 amide bonds. The van der Waals surface area contributed by atoms with Crippen molar-refractivity contribution in [2.24, 2.45) is 0 Å². The van der Waals surface area contributed by atoms with Crippen molar-refractivity contribution in [2.45, 2.75) is 43.5 Å². The average molecular weight is 332 g/mol. The van der Waals surface area contributed by atoms with Crippen LogP contribution in [0.1, 0.15) is 24.0 Å². The topological polar surface area (TPSA) is 52.6 Å². The van der Waals surface area contributed by atoms with Crippen LogP contribution >= 0.6 is 0 Å². The fraction of sp³-hybridized carbons (Fsp3) is 0.333. The van der Waals surface area contributed by atoms with Crippen molar-refractivity contribution >= 4 is 10.1 Å². The minimum absolute atomic E-state index is 0.0634. The summed E-state index contributed by atoms with van der Waals surface area (Å²) >= 11 is 0. The van der Waals surface area contributed by atoms with Crippen molar-refractivity contribution in [3.63, 3.8) is 0 Å². The van der Waals surface area contributed by atoms with E-state index in [-0.39, 0.29) is 17.1 Å². The molecule has 0 atom stereocenters. The molecule has 4 nitrogen and oxygen atoms in total. The molecule has 0 saturated heterocycles. The molecule has 1 aliphatic rings. The highest BCUT2D eigenvalue weighted by Gasteiger charge is 2.34. The Kier molecular flexibility index (Phi) is 4.80. The molecule has 0 N–H and O–H groups in total. The first-order valence-electron chi connectivity index (χ1n) is 7.68. The van der Waals surface area contributed by atoms with Crippen LogP contribution in [0.2, 0.25) is 0 Å². The van der Waals surface area contributed by atoms with Crippen LogP contribution in [0, 0.1) is 6.92 Å². The van der Waals surface area contributed by atoms with E-state index in [1.165, 1.54) is 0 Å². The predicted molar refractivity (Wildman–Crippen MR) is 87.5 cm³/mol. The molecule has 2 aromatic rings. The summed E-state index contributed by atoms with van der Waals surface area (Å²) in [6.07, 6.45) is 0.992. The van der Waals surface area contributed by atoms with Crippen LogP contribution in [0.4, 0.5) is 0 Å². The summed E-state index contributed by atoms with van der Waals surface area (Å²) in [7, 11) is -3.68. The highest BCUT2D eigenvalue weighted by Crippen LogP contribution is 2.30. The molecular formula is C18H20O4S. The second-order valence-electron chi connectivity index (χ2n) is 5.88. The van der Waals surface area contributed by atoms with Crippen molar-refractivity contribution in [1.29, 1.82) is 0 Å². The van der Waals surface area contributed by atoms with Crippen LogP contribution < -0.4 is 0 Å². The zero-order valence-corrected chi connectivity index (χ0v) is 13.8. The minimum atomic E-state index is -3.68. The molecular weight excluding hydrogens is 312 g/mol. The van der Waals surface area contributed by atoms with E-state index in [4.69, 9.17) is 8.92 Å². The smallest absolute Gasteiger partial charge is 0.297 e. The fourth-order valence-electron chi connectivity index (χ4n) is 2.46. The number of hydrogen-bond acceptors (Lipinski definition) is 4. The van der Waals surface area contributed by atoms with E-state index in [2.05, 4.69) is 0 Å². The van der Waals surface area contributed by atoms with Crippen molar-refractivity contribution in [3.05, 3.63) is 65.7 Å². The van der Waals surface area contributed by atoms with Gasteiger partial charge < -0.3 is 4.74 Å². The van der Waals surface area contributed by atoms with Gasteiger partial charge in [-0.3, -0.25) is 4.18 Å². The molecule has 0 unspecified atom stereocenters. The van der Waals surface area contributed by atoms with E-state index in [0.717, 1.165) is 11.1 Å². The van der Waals surface area contributed by atoms with Crippen LogP contribution in [-0.4, -0.2) is 20.6 Å². The minimum Gasteiger partial charge on any atom is -0.373 e. The number of rotatable bonds is 6. The first-order valence-corrected chi connectivity index (χ1v) is 9.09. The molecule has 23 heavy (non-hydrogen) atoms. The molecule has 5 heteroatoms. The lowest BCUT2D eigenvalue weighted by Crippen LogP contribution is -2.38. The largest absolute Gasteiger partial charge is 0.373 e. The first-order chi connectivity index (χ1) is 11.0. The van der Waals surface area contributed by atoms with Crippen molar-refractivity contribution in [1.82, 2.24) is 0 Å². The van der Waals surface area contributed by atoms with Gasteiger partial charge >= 0.3 is 0 Å². The molecule has 2 aromatic carbocycles. The molecule has 1 saturated carbocycles. The summed E-state index contributed by atoms with van der Waals surface area (Å²) < 4.78 is 35.4. The molecule has 0 aliphatic heterocycles. The Hall–Kier alpha value is -1.69. The quantitative estimate of drug-likeness (QED) is 0.760. The number of ether oxygens (including phenoxy) is 1. The summed E-state index contributed by atoms with van der Waals surface area (Å²) in [5.74, 6) is 0. The lowest BCUT2D eigenvalue weighted by Gasteiger charge is -2.34. The van der Waals surface area contributed by atoms with Gasteiger partial charge in [-0.2, -0.15) is 8.42 Å². The zero-order chi connectivity index (χ0) is 16.3. The van der Waals surface area contributed by atoms with Crippen LogP contribution in [-0.2, 0) is 25.6 Å². The number of benzene rings is 2. The highest BCUT2D eigenvalue weighted by atomic mass is 32.2. The van der Waals surface area contributed by atoms with E-state index in [9.17, 15) is 8.42 Å². The monoisotopic (exact) mass is 332 g/mol. The van der Waals surface area contributed by atoms with Crippen LogP contribution in [0.25, 0.3) is 0 Å². The van der Waals surface area contributed by atoms with E-state index >= 15 is 0 Å². The van der Waals surface area contributed by atoms with Gasteiger partial charge in [-0.15, -0.1) is 0 Å². The molecule has 1 aliphatic carbocycles. The maximum Gasteiger partial charge on any atom is 0.297 e. The van der Waals surface area contributed by atoms with Gasteiger partial charge in [0.2, 0.25) is 0 Å². The third-order valence-electron chi connectivity index (χ3n) is 3.95. The lowest BCUT2D eigenvalue weighted by atomic mass is 9.92. The van der Waals surface area contributed by atoms with E-state index in [0.29, 0.717) is 19.4 Å². The summed E-state index contributed by atoms with van der Waals surface area (Å²) in [6, 6.07) is 16.6. The van der Waals surface area contributed by atoms with Gasteiger partial charge in [-0.1, -0.05) is 48.0 Å². The van der Waals surface area contributed by atoms with E-state index < -0.39 is 10.1 Å². The third kappa shape index (κ3) is 4.19.